The predicted octanol–water partition coefficient (Wildman–Crippen LogP) is 3.04. The zero-order chi connectivity index (χ0) is 9.26. The lowest BCUT2D eigenvalue weighted by Crippen LogP contribution is -2.00. The van der Waals surface area contributed by atoms with E-state index in [4.69, 9.17) is 11.6 Å². The van der Waals surface area contributed by atoms with Crippen LogP contribution in [-0.2, 0) is 6.54 Å². The lowest BCUT2D eigenvalue weighted by Gasteiger charge is -1.99. The van der Waals surface area contributed by atoms with Crippen LogP contribution in [0.15, 0.2) is 28.9 Å². The molecule has 0 unspecified atom stereocenters. The number of fused-ring (bicyclic) bond motifs is 1. The van der Waals surface area contributed by atoms with Crippen LogP contribution in [0.4, 0.5) is 0 Å². The van der Waals surface area contributed by atoms with Crippen molar-refractivity contribution in [2.75, 3.05) is 5.88 Å². The molecule has 0 saturated carbocycles. The summed E-state index contributed by atoms with van der Waals surface area (Å²) < 4.78 is 2.98. The molecule has 0 spiro atoms. The highest BCUT2D eigenvalue weighted by Crippen LogP contribution is 2.19. The van der Waals surface area contributed by atoms with Gasteiger partial charge in [0, 0.05) is 15.7 Å². The Hall–Kier alpha value is -0.540. The van der Waals surface area contributed by atoms with Gasteiger partial charge in [0.25, 0.3) is 0 Å². The van der Waals surface area contributed by atoms with Crippen LogP contribution < -0.4 is 0 Å². The van der Waals surface area contributed by atoms with Gasteiger partial charge >= 0.3 is 0 Å². The second-order valence-corrected chi connectivity index (χ2v) is 4.05. The van der Waals surface area contributed by atoms with Gasteiger partial charge in [0.1, 0.15) is 0 Å². The minimum atomic E-state index is 0.587. The van der Waals surface area contributed by atoms with Crippen LogP contribution in [0.3, 0.4) is 0 Å². The fourth-order valence-corrected chi connectivity index (χ4v) is 1.81. The highest BCUT2D eigenvalue weighted by atomic mass is 79.9. The molecule has 0 N–H and O–H groups in total. The molecule has 0 radical (unpaired) electrons. The van der Waals surface area contributed by atoms with Crippen LogP contribution in [0.1, 0.15) is 0 Å². The number of alkyl halides is 1. The third-order valence-electron chi connectivity index (χ3n) is 1.90. The van der Waals surface area contributed by atoms with Gasteiger partial charge in [-0.25, -0.2) is 0 Å². The number of nitrogens with zero attached hydrogens (tertiary/aromatic N) is 2. The van der Waals surface area contributed by atoms with Crippen molar-refractivity contribution >= 4 is 38.4 Å². The molecule has 1 aromatic heterocycles. The van der Waals surface area contributed by atoms with Gasteiger partial charge < -0.3 is 0 Å². The minimum absolute atomic E-state index is 0.587. The first-order chi connectivity index (χ1) is 6.31. The van der Waals surface area contributed by atoms with E-state index >= 15 is 0 Å². The number of aromatic nitrogens is 2. The van der Waals surface area contributed by atoms with Gasteiger partial charge in [0.2, 0.25) is 0 Å². The number of benzene rings is 1. The Morgan fingerprint density at radius 1 is 1.46 bits per heavy atom. The van der Waals surface area contributed by atoms with Crippen LogP contribution in [0, 0.1) is 0 Å². The average Bonchev–Trinajstić information content (AvgIpc) is 2.49. The van der Waals surface area contributed by atoms with Crippen molar-refractivity contribution in [2.45, 2.75) is 6.54 Å². The highest BCUT2D eigenvalue weighted by molar-refractivity contribution is 9.10. The predicted molar refractivity (Wildman–Crippen MR) is 58.2 cm³/mol. The molecular formula is C9H8BrClN2. The zero-order valence-corrected chi connectivity index (χ0v) is 9.22. The van der Waals surface area contributed by atoms with Crippen molar-refractivity contribution in [3.05, 3.63) is 28.9 Å². The zero-order valence-electron chi connectivity index (χ0n) is 6.87. The Balaban J connectivity index is 2.58. The molecule has 0 bridgehead atoms. The van der Waals surface area contributed by atoms with Gasteiger partial charge in [-0.2, -0.15) is 5.10 Å². The molecule has 13 heavy (non-hydrogen) atoms. The maximum Gasteiger partial charge on any atom is 0.0694 e. The summed E-state index contributed by atoms with van der Waals surface area (Å²) in [4.78, 5) is 0. The molecule has 2 nitrogen and oxygen atoms in total. The van der Waals surface area contributed by atoms with Crippen molar-refractivity contribution in [3.63, 3.8) is 0 Å². The van der Waals surface area contributed by atoms with Crippen molar-refractivity contribution in [1.82, 2.24) is 9.78 Å². The second kappa shape index (κ2) is 3.68. The van der Waals surface area contributed by atoms with E-state index < -0.39 is 0 Å². The number of aryl methyl sites for hydroxylation is 1. The van der Waals surface area contributed by atoms with Gasteiger partial charge in [-0.3, -0.25) is 4.68 Å². The fourth-order valence-electron chi connectivity index (χ4n) is 1.30. The standard InChI is InChI=1S/C9H8BrClN2/c10-8-2-1-7-6-12-13(4-3-11)9(7)5-8/h1-2,5-6H,3-4H2. The van der Waals surface area contributed by atoms with E-state index in [0.29, 0.717) is 5.88 Å². The van der Waals surface area contributed by atoms with Crippen molar-refractivity contribution in [2.24, 2.45) is 0 Å². The van der Waals surface area contributed by atoms with Gasteiger partial charge in [-0.1, -0.05) is 22.0 Å². The average molecular weight is 260 g/mol. The first-order valence-corrected chi connectivity index (χ1v) is 5.31. The normalized spacial score (nSPS) is 10.9. The Morgan fingerprint density at radius 2 is 2.31 bits per heavy atom. The smallest absolute Gasteiger partial charge is 0.0694 e. The Kier molecular flexibility index (Phi) is 2.56. The largest absolute Gasteiger partial charge is 0.264 e. The van der Waals surface area contributed by atoms with Crippen LogP contribution in [0.5, 0.6) is 0 Å². The van der Waals surface area contributed by atoms with Crippen molar-refractivity contribution in [3.8, 4) is 0 Å². The Morgan fingerprint density at radius 3 is 3.08 bits per heavy atom. The monoisotopic (exact) mass is 258 g/mol. The molecule has 1 aromatic carbocycles. The van der Waals surface area contributed by atoms with E-state index in [9.17, 15) is 0 Å². The molecule has 1 heterocycles. The van der Waals surface area contributed by atoms with Crippen LogP contribution in [0.2, 0.25) is 0 Å². The van der Waals surface area contributed by atoms with E-state index in [1.165, 1.54) is 0 Å². The summed E-state index contributed by atoms with van der Waals surface area (Å²) in [7, 11) is 0. The molecule has 0 aliphatic rings. The summed E-state index contributed by atoms with van der Waals surface area (Å²) in [6, 6.07) is 6.10. The molecule has 0 aliphatic carbocycles. The van der Waals surface area contributed by atoms with Crippen LogP contribution in [-0.4, -0.2) is 15.7 Å². The van der Waals surface area contributed by atoms with E-state index in [0.717, 1.165) is 21.9 Å². The lowest BCUT2D eigenvalue weighted by molar-refractivity contribution is 0.688. The summed E-state index contributed by atoms with van der Waals surface area (Å²) in [6.07, 6.45) is 1.86. The van der Waals surface area contributed by atoms with Gasteiger partial charge in [0.15, 0.2) is 0 Å². The number of rotatable bonds is 2. The maximum atomic E-state index is 5.66. The molecular weight excluding hydrogens is 251 g/mol. The number of hydrogen-bond donors (Lipinski definition) is 0. The van der Waals surface area contributed by atoms with Gasteiger partial charge in [0.05, 0.1) is 18.3 Å². The molecule has 4 heteroatoms. The Labute approximate surface area is 89.6 Å². The van der Waals surface area contributed by atoms with Gasteiger partial charge in [-0.15, -0.1) is 11.6 Å². The molecule has 68 valence electrons. The summed E-state index contributed by atoms with van der Waals surface area (Å²) in [5.74, 6) is 0.587. The highest BCUT2D eigenvalue weighted by Gasteiger charge is 2.01. The van der Waals surface area contributed by atoms with E-state index in [1.54, 1.807) is 0 Å². The maximum absolute atomic E-state index is 5.66. The van der Waals surface area contributed by atoms with E-state index in [1.807, 2.05) is 23.0 Å². The number of halogens is 2. The molecule has 0 amide bonds. The van der Waals surface area contributed by atoms with Crippen LogP contribution >= 0.6 is 27.5 Å². The van der Waals surface area contributed by atoms with Crippen LogP contribution in [0.25, 0.3) is 10.9 Å². The fraction of sp³-hybridized carbons (Fsp3) is 0.222. The minimum Gasteiger partial charge on any atom is -0.264 e. The first kappa shape index (κ1) is 9.03. The third kappa shape index (κ3) is 1.71. The first-order valence-electron chi connectivity index (χ1n) is 3.98. The summed E-state index contributed by atoms with van der Waals surface area (Å²) in [5, 5.41) is 5.38. The van der Waals surface area contributed by atoms with Crippen molar-refractivity contribution < 1.29 is 0 Å². The van der Waals surface area contributed by atoms with Crippen molar-refractivity contribution in [1.29, 1.82) is 0 Å². The summed E-state index contributed by atoms with van der Waals surface area (Å²) in [6.45, 7) is 0.751. The Bertz CT molecular complexity index is 424. The molecule has 0 fully saturated rings. The second-order valence-electron chi connectivity index (χ2n) is 2.76. The van der Waals surface area contributed by atoms with E-state index in [2.05, 4.69) is 27.1 Å². The SMILES string of the molecule is ClCCn1ncc2ccc(Br)cc21. The molecule has 0 saturated heterocycles. The molecule has 0 atom stereocenters. The summed E-state index contributed by atoms with van der Waals surface area (Å²) in [5.41, 5.74) is 1.12. The topological polar surface area (TPSA) is 17.8 Å². The molecule has 2 rings (SSSR count). The molecule has 2 aromatic rings. The summed E-state index contributed by atoms with van der Waals surface area (Å²) >= 11 is 9.09. The lowest BCUT2D eigenvalue weighted by atomic mass is 10.3. The van der Waals surface area contributed by atoms with Gasteiger partial charge in [-0.05, 0) is 12.1 Å². The molecule has 0 aliphatic heterocycles. The number of hydrogen-bond acceptors (Lipinski definition) is 1. The van der Waals surface area contributed by atoms with E-state index in [-0.39, 0.29) is 0 Å². The quantitative estimate of drug-likeness (QED) is 0.758. The third-order valence-corrected chi connectivity index (χ3v) is 2.57.